The third-order valence-corrected chi connectivity index (χ3v) is 4.95. The first-order valence-corrected chi connectivity index (χ1v) is 9.07. The summed E-state index contributed by atoms with van der Waals surface area (Å²) in [6, 6.07) is 11.7. The molecule has 0 aliphatic carbocycles. The predicted molar refractivity (Wildman–Crippen MR) is 104 cm³/mol. The molecule has 1 N–H and O–H groups in total. The topological polar surface area (TPSA) is 46.9 Å². The number of benzene rings is 2. The van der Waals surface area contributed by atoms with E-state index < -0.39 is 0 Å². The third-order valence-electron chi connectivity index (χ3n) is 3.91. The highest BCUT2D eigenvalue weighted by molar-refractivity contribution is 9.10. The van der Waals surface area contributed by atoms with Gasteiger partial charge in [-0.2, -0.15) is 5.10 Å². The number of rotatable bonds is 4. The van der Waals surface area contributed by atoms with E-state index in [9.17, 15) is 9.18 Å². The van der Waals surface area contributed by atoms with Gasteiger partial charge in [-0.15, -0.1) is 0 Å². The van der Waals surface area contributed by atoms with Crippen LogP contribution in [0.25, 0.3) is 0 Å². The van der Waals surface area contributed by atoms with Crippen molar-refractivity contribution < 1.29 is 9.18 Å². The van der Waals surface area contributed by atoms with Gasteiger partial charge in [0, 0.05) is 4.47 Å². The van der Waals surface area contributed by atoms with Crippen LogP contribution in [-0.2, 0) is 6.54 Å². The van der Waals surface area contributed by atoms with Crippen LogP contribution in [0.2, 0.25) is 5.15 Å². The zero-order chi connectivity index (χ0) is 18.8. The van der Waals surface area contributed by atoms with Crippen LogP contribution in [0.1, 0.15) is 27.2 Å². The summed E-state index contributed by atoms with van der Waals surface area (Å²) in [4.78, 5) is 12.7. The highest BCUT2D eigenvalue weighted by atomic mass is 79.9. The summed E-state index contributed by atoms with van der Waals surface area (Å²) in [5.41, 5.74) is 3.42. The minimum absolute atomic E-state index is 0.243. The van der Waals surface area contributed by atoms with Crippen molar-refractivity contribution in [3.05, 3.63) is 80.3 Å². The Morgan fingerprint density at radius 2 is 1.92 bits per heavy atom. The van der Waals surface area contributed by atoms with Gasteiger partial charge in [0.05, 0.1) is 23.5 Å². The van der Waals surface area contributed by atoms with Crippen LogP contribution in [-0.4, -0.2) is 15.7 Å². The highest BCUT2D eigenvalue weighted by Crippen LogP contribution is 2.26. The minimum atomic E-state index is -0.331. The van der Waals surface area contributed by atoms with Crippen molar-refractivity contribution in [3.8, 4) is 0 Å². The van der Waals surface area contributed by atoms with E-state index in [1.165, 1.54) is 16.8 Å². The molecule has 134 valence electrons. The molecule has 0 aliphatic heterocycles. The summed E-state index contributed by atoms with van der Waals surface area (Å²) in [6.45, 7) is 4.05. The normalized spacial score (nSPS) is 10.8. The molecular weight excluding hydrogens is 421 g/mol. The Labute approximate surface area is 164 Å². The number of aryl methyl sites for hydroxylation is 2. The van der Waals surface area contributed by atoms with Crippen LogP contribution in [0.15, 0.2) is 46.9 Å². The van der Waals surface area contributed by atoms with Gasteiger partial charge < -0.3 is 5.32 Å². The van der Waals surface area contributed by atoms with Crippen molar-refractivity contribution in [2.24, 2.45) is 0 Å². The number of nitrogens with one attached hydrogen (secondary N) is 1. The molecule has 2 aromatic carbocycles. The number of anilines is 1. The van der Waals surface area contributed by atoms with E-state index in [0.717, 1.165) is 15.6 Å². The highest BCUT2D eigenvalue weighted by Gasteiger charge is 2.21. The summed E-state index contributed by atoms with van der Waals surface area (Å²) < 4.78 is 15.4. The first-order valence-electron chi connectivity index (χ1n) is 7.90. The lowest BCUT2D eigenvalue weighted by Gasteiger charge is -2.08. The summed E-state index contributed by atoms with van der Waals surface area (Å²) in [5, 5.41) is 7.44. The van der Waals surface area contributed by atoms with Gasteiger partial charge in [-0.25, -0.2) is 9.07 Å². The van der Waals surface area contributed by atoms with E-state index >= 15 is 0 Å². The van der Waals surface area contributed by atoms with Crippen molar-refractivity contribution >= 4 is 39.1 Å². The van der Waals surface area contributed by atoms with E-state index in [1.807, 2.05) is 25.1 Å². The second-order valence-electron chi connectivity index (χ2n) is 5.97. The molecule has 0 saturated carbocycles. The summed E-state index contributed by atoms with van der Waals surface area (Å²) in [6.07, 6.45) is 0. The number of amides is 1. The zero-order valence-corrected chi connectivity index (χ0v) is 16.5. The number of hydrogen-bond acceptors (Lipinski definition) is 2. The zero-order valence-electron chi connectivity index (χ0n) is 14.2. The molecule has 1 aromatic heterocycles. The standard InChI is InChI=1S/C19H16BrClFN3O/c1-11-3-8-16(15(20)9-11)23-19(26)17-12(2)24-25(18(17)21)10-13-4-6-14(22)7-5-13/h3-9H,10H2,1-2H3,(H,23,26). The molecule has 0 atom stereocenters. The van der Waals surface area contributed by atoms with Crippen LogP contribution in [0.5, 0.6) is 0 Å². The van der Waals surface area contributed by atoms with Crippen molar-refractivity contribution in [1.29, 1.82) is 0 Å². The fraction of sp³-hybridized carbons (Fsp3) is 0.158. The molecule has 3 aromatic rings. The lowest BCUT2D eigenvalue weighted by molar-refractivity contribution is 0.102. The number of halogens is 3. The second-order valence-corrected chi connectivity index (χ2v) is 7.19. The van der Waals surface area contributed by atoms with Gasteiger partial charge in [0.25, 0.3) is 5.91 Å². The smallest absolute Gasteiger partial charge is 0.260 e. The summed E-state index contributed by atoms with van der Waals surface area (Å²) in [5.74, 6) is -0.636. The van der Waals surface area contributed by atoms with Crippen LogP contribution >= 0.6 is 27.5 Å². The Hall–Kier alpha value is -2.18. The molecular formula is C19H16BrClFN3O. The van der Waals surface area contributed by atoms with Gasteiger partial charge in [0.1, 0.15) is 11.0 Å². The number of carbonyl (C=O) groups excluding carboxylic acids is 1. The fourth-order valence-electron chi connectivity index (χ4n) is 2.59. The van der Waals surface area contributed by atoms with Crippen molar-refractivity contribution in [3.63, 3.8) is 0 Å². The number of hydrogen-bond donors (Lipinski definition) is 1. The monoisotopic (exact) mass is 435 g/mol. The molecule has 0 saturated heterocycles. The fourth-order valence-corrected chi connectivity index (χ4v) is 3.50. The quantitative estimate of drug-likeness (QED) is 0.599. The van der Waals surface area contributed by atoms with E-state index in [0.29, 0.717) is 23.5 Å². The van der Waals surface area contributed by atoms with Gasteiger partial charge in [-0.05, 0) is 65.2 Å². The molecule has 4 nitrogen and oxygen atoms in total. The van der Waals surface area contributed by atoms with Crippen LogP contribution in [0, 0.1) is 19.7 Å². The van der Waals surface area contributed by atoms with Gasteiger partial charge in [-0.3, -0.25) is 4.79 Å². The lowest BCUT2D eigenvalue weighted by Crippen LogP contribution is -2.13. The van der Waals surface area contributed by atoms with Crippen LogP contribution in [0.3, 0.4) is 0 Å². The molecule has 26 heavy (non-hydrogen) atoms. The molecule has 0 unspecified atom stereocenters. The molecule has 3 rings (SSSR count). The third kappa shape index (κ3) is 3.97. The average molecular weight is 437 g/mol. The van der Waals surface area contributed by atoms with Crippen LogP contribution < -0.4 is 5.32 Å². The maximum Gasteiger partial charge on any atom is 0.260 e. The molecule has 0 aliphatic rings. The first kappa shape index (κ1) is 18.6. The Morgan fingerprint density at radius 3 is 2.58 bits per heavy atom. The number of aromatic nitrogens is 2. The van der Waals surface area contributed by atoms with E-state index in [2.05, 4.69) is 26.3 Å². The molecule has 0 bridgehead atoms. The number of nitrogens with zero attached hydrogens (tertiary/aromatic N) is 2. The largest absolute Gasteiger partial charge is 0.321 e. The first-order chi connectivity index (χ1) is 12.3. The van der Waals surface area contributed by atoms with E-state index in [4.69, 9.17) is 11.6 Å². The Kier molecular flexibility index (Phi) is 5.44. The van der Waals surface area contributed by atoms with E-state index in [1.54, 1.807) is 19.1 Å². The second kappa shape index (κ2) is 7.60. The summed E-state index contributed by atoms with van der Waals surface area (Å²) in [7, 11) is 0. The Bertz CT molecular complexity index is 970. The maximum atomic E-state index is 13.0. The van der Waals surface area contributed by atoms with Gasteiger partial charge >= 0.3 is 0 Å². The average Bonchev–Trinajstić information content (AvgIpc) is 2.86. The molecule has 0 radical (unpaired) electrons. The van der Waals surface area contributed by atoms with E-state index in [-0.39, 0.29) is 16.9 Å². The van der Waals surface area contributed by atoms with Crippen LogP contribution in [0.4, 0.5) is 10.1 Å². The molecule has 1 amide bonds. The van der Waals surface area contributed by atoms with Gasteiger partial charge in [-0.1, -0.05) is 29.8 Å². The van der Waals surface area contributed by atoms with Crippen molar-refractivity contribution in [1.82, 2.24) is 9.78 Å². The molecule has 1 heterocycles. The molecule has 0 spiro atoms. The predicted octanol–water partition coefficient (Wildman–Crippen LogP) is 5.36. The van der Waals surface area contributed by atoms with Crippen molar-refractivity contribution in [2.45, 2.75) is 20.4 Å². The lowest BCUT2D eigenvalue weighted by atomic mass is 10.2. The van der Waals surface area contributed by atoms with Crippen molar-refractivity contribution in [2.75, 3.05) is 5.32 Å². The Balaban J connectivity index is 1.84. The Morgan fingerprint density at radius 1 is 1.23 bits per heavy atom. The van der Waals surface area contributed by atoms with Gasteiger partial charge in [0.2, 0.25) is 0 Å². The number of carbonyl (C=O) groups is 1. The molecule has 7 heteroatoms. The summed E-state index contributed by atoms with van der Waals surface area (Å²) >= 11 is 9.83. The molecule has 0 fully saturated rings. The maximum absolute atomic E-state index is 13.0. The minimum Gasteiger partial charge on any atom is -0.321 e. The SMILES string of the molecule is Cc1ccc(NC(=O)c2c(C)nn(Cc3ccc(F)cc3)c2Cl)c(Br)c1. The van der Waals surface area contributed by atoms with Gasteiger partial charge in [0.15, 0.2) is 0 Å².